The van der Waals surface area contributed by atoms with Gasteiger partial charge in [0.25, 0.3) is 0 Å². The number of nitrogens with one attached hydrogen (secondary N) is 1. The Bertz CT molecular complexity index is 618. The van der Waals surface area contributed by atoms with Gasteiger partial charge in [-0.15, -0.1) is 0 Å². The molecule has 1 unspecified atom stereocenters. The third-order valence-electron chi connectivity index (χ3n) is 5.78. The number of aromatic amines is 1. The summed E-state index contributed by atoms with van der Waals surface area (Å²) in [6.45, 7) is 0.978. The van der Waals surface area contributed by atoms with Crippen LogP contribution in [0.3, 0.4) is 0 Å². The zero-order valence-corrected chi connectivity index (χ0v) is 15.1. The smallest absolute Gasteiger partial charge is 0.237 e. The summed E-state index contributed by atoms with van der Waals surface area (Å²) in [5, 5.41) is 9.71. The average Bonchev–Trinajstić information content (AvgIpc) is 3.30. The molecule has 3 rings (SSSR count). The second-order valence-corrected chi connectivity index (χ2v) is 7.17. The number of likely N-dealkylation sites (N-methyl/N-ethyl adjacent to an activating group) is 1. The Morgan fingerprint density at radius 2 is 2.28 bits per heavy atom. The molecular weight excluding hydrogens is 318 g/mol. The van der Waals surface area contributed by atoms with Crippen molar-refractivity contribution >= 4 is 5.91 Å². The standard InChI is InChI=1S/C18H27N5O2/c1-22(18(13-19)6-4-3-5-7-18)16(24)12-23-11-14(25-2)10-15(23)17-20-8-9-21-17/h8-9,14-15H,3-7,10-12H2,1-2H3,(H,20,21)/t14-,15?/m1/s1. The van der Waals surface area contributed by atoms with Crippen LogP contribution in [0.1, 0.15) is 50.4 Å². The summed E-state index contributed by atoms with van der Waals surface area (Å²) >= 11 is 0. The van der Waals surface area contributed by atoms with E-state index in [2.05, 4.69) is 20.9 Å². The van der Waals surface area contributed by atoms with Crippen LogP contribution in [0, 0.1) is 11.3 Å². The molecule has 1 N–H and O–H groups in total. The maximum absolute atomic E-state index is 12.9. The number of hydrogen-bond acceptors (Lipinski definition) is 5. The Balaban J connectivity index is 1.71. The molecule has 2 aliphatic rings. The number of likely N-dealkylation sites (tertiary alicyclic amines) is 1. The molecule has 25 heavy (non-hydrogen) atoms. The van der Waals surface area contributed by atoms with Gasteiger partial charge in [0.05, 0.1) is 24.8 Å². The highest BCUT2D eigenvalue weighted by Crippen LogP contribution is 2.34. The monoisotopic (exact) mass is 345 g/mol. The summed E-state index contributed by atoms with van der Waals surface area (Å²) in [5.74, 6) is 0.861. The van der Waals surface area contributed by atoms with Gasteiger partial charge in [0.2, 0.25) is 5.91 Å². The van der Waals surface area contributed by atoms with Crippen molar-refractivity contribution in [1.29, 1.82) is 5.26 Å². The van der Waals surface area contributed by atoms with Gasteiger partial charge >= 0.3 is 0 Å². The van der Waals surface area contributed by atoms with Crippen molar-refractivity contribution in [2.45, 2.75) is 56.2 Å². The van der Waals surface area contributed by atoms with E-state index in [-0.39, 0.29) is 24.6 Å². The van der Waals surface area contributed by atoms with Crippen LogP contribution in [0.5, 0.6) is 0 Å². The molecule has 0 radical (unpaired) electrons. The average molecular weight is 345 g/mol. The summed E-state index contributed by atoms with van der Waals surface area (Å²) < 4.78 is 5.51. The molecule has 0 aromatic carbocycles. The van der Waals surface area contributed by atoms with Crippen LogP contribution in [-0.4, -0.2) is 64.6 Å². The van der Waals surface area contributed by atoms with E-state index in [9.17, 15) is 10.1 Å². The minimum atomic E-state index is -0.643. The van der Waals surface area contributed by atoms with Gasteiger partial charge < -0.3 is 14.6 Å². The molecule has 1 saturated heterocycles. The molecule has 7 nitrogen and oxygen atoms in total. The van der Waals surface area contributed by atoms with Gasteiger partial charge in [-0.25, -0.2) is 4.98 Å². The maximum atomic E-state index is 12.9. The zero-order chi connectivity index (χ0) is 17.9. The second-order valence-electron chi connectivity index (χ2n) is 7.17. The first kappa shape index (κ1) is 17.9. The van der Waals surface area contributed by atoms with E-state index >= 15 is 0 Å². The lowest BCUT2D eigenvalue weighted by atomic mass is 9.81. The Morgan fingerprint density at radius 3 is 2.88 bits per heavy atom. The van der Waals surface area contributed by atoms with Gasteiger partial charge in [0.15, 0.2) is 0 Å². The fraction of sp³-hybridized carbons (Fsp3) is 0.722. The largest absolute Gasteiger partial charge is 0.380 e. The van der Waals surface area contributed by atoms with Crippen LogP contribution >= 0.6 is 0 Å². The van der Waals surface area contributed by atoms with Gasteiger partial charge in [-0.2, -0.15) is 5.26 Å². The Labute approximate surface area is 149 Å². The lowest BCUT2D eigenvalue weighted by Gasteiger charge is -2.40. The number of amides is 1. The molecule has 0 spiro atoms. The lowest BCUT2D eigenvalue weighted by Crippen LogP contribution is -2.52. The highest BCUT2D eigenvalue weighted by molar-refractivity contribution is 5.79. The Morgan fingerprint density at radius 1 is 1.52 bits per heavy atom. The van der Waals surface area contributed by atoms with Gasteiger partial charge in [-0.05, 0) is 19.3 Å². The number of rotatable bonds is 5. The number of methoxy groups -OCH3 is 1. The first-order chi connectivity index (χ1) is 12.1. The highest BCUT2D eigenvalue weighted by Gasteiger charge is 2.41. The fourth-order valence-corrected chi connectivity index (χ4v) is 4.13. The molecular formula is C18H27N5O2. The van der Waals surface area contributed by atoms with Crippen molar-refractivity contribution in [3.8, 4) is 6.07 Å². The first-order valence-corrected chi connectivity index (χ1v) is 9.03. The van der Waals surface area contributed by atoms with Crippen LogP contribution in [-0.2, 0) is 9.53 Å². The van der Waals surface area contributed by atoms with Crippen LogP contribution in [0.15, 0.2) is 12.4 Å². The zero-order valence-electron chi connectivity index (χ0n) is 15.1. The van der Waals surface area contributed by atoms with Crippen molar-refractivity contribution in [3.63, 3.8) is 0 Å². The highest BCUT2D eigenvalue weighted by atomic mass is 16.5. The van der Waals surface area contributed by atoms with E-state index < -0.39 is 5.54 Å². The molecule has 1 aromatic rings. The summed E-state index contributed by atoms with van der Waals surface area (Å²) in [7, 11) is 3.48. The summed E-state index contributed by atoms with van der Waals surface area (Å²) in [6.07, 6.45) is 9.14. The van der Waals surface area contributed by atoms with E-state index in [1.54, 1.807) is 31.5 Å². The van der Waals surface area contributed by atoms with Gasteiger partial charge in [-0.1, -0.05) is 19.3 Å². The second kappa shape index (κ2) is 7.54. The van der Waals surface area contributed by atoms with Gasteiger partial charge in [0, 0.05) is 33.1 Å². The first-order valence-electron chi connectivity index (χ1n) is 9.03. The normalized spacial score (nSPS) is 26.3. The number of nitrogens with zero attached hydrogens (tertiary/aromatic N) is 4. The van der Waals surface area contributed by atoms with Crippen LogP contribution in [0.25, 0.3) is 0 Å². The third kappa shape index (κ3) is 3.55. The van der Waals surface area contributed by atoms with Crippen molar-refractivity contribution in [2.24, 2.45) is 0 Å². The molecule has 1 amide bonds. The summed E-state index contributed by atoms with van der Waals surface area (Å²) in [6, 6.07) is 2.47. The minimum absolute atomic E-state index is 0.00300. The third-order valence-corrected chi connectivity index (χ3v) is 5.78. The SMILES string of the molecule is CO[C@@H]1CC(c2ncc[nH]2)N(CC(=O)N(C)C2(C#N)CCCCC2)C1. The van der Waals surface area contributed by atoms with E-state index in [0.717, 1.165) is 44.3 Å². The van der Waals surface area contributed by atoms with Crippen LogP contribution in [0.2, 0.25) is 0 Å². The predicted molar refractivity (Wildman–Crippen MR) is 92.5 cm³/mol. The molecule has 1 aliphatic carbocycles. The molecule has 1 aliphatic heterocycles. The van der Waals surface area contributed by atoms with Crippen molar-refractivity contribution in [1.82, 2.24) is 19.8 Å². The van der Waals surface area contributed by atoms with Crippen molar-refractivity contribution < 1.29 is 9.53 Å². The molecule has 2 heterocycles. The lowest BCUT2D eigenvalue weighted by molar-refractivity contribution is -0.136. The maximum Gasteiger partial charge on any atom is 0.237 e. The van der Waals surface area contributed by atoms with Crippen molar-refractivity contribution in [2.75, 3.05) is 27.2 Å². The topological polar surface area (TPSA) is 85.2 Å². The van der Waals surface area contributed by atoms with Gasteiger partial charge in [-0.3, -0.25) is 9.69 Å². The molecule has 1 aromatic heterocycles. The number of imidazole rings is 1. The van der Waals surface area contributed by atoms with E-state index in [0.29, 0.717) is 6.54 Å². The van der Waals surface area contributed by atoms with E-state index in [1.165, 1.54) is 0 Å². The Hall–Kier alpha value is -1.91. The summed E-state index contributed by atoms with van der Waals surface area (Å²) in [4.78, 5) is 24.2. The molecule has 136 valence electrons. The van der Waals surface area contributed by atoms with Crippen LogP contribution < -0.4 is 0 Å². The van der Waals surface area contributed by atoms with E-state index in [4.69, 9.17) is 4.74 Å². The molecule has 2 fully saturated rings. The fourth-order valence-electron chi connectivity index (χ4n) is 4.13. The predicted octanol–water partition coefficient (Wildman–Crippen LogP) is 1.86. The number of H-pyrrole nitrogens is 1. The molecule has 7 heteroatoms. The Kier molecular flexibility index (Phi) is 5.40. The minimum Gasteiger partial charge on any atom is -0.380 e. The molecule has 2 atom stereocenters. The number of ether oxygens (including phenoxy) is 1. The number of nitriles is 1. The number of carbonyl (C=O) groups is 1. The van der Waals surface area contributed by atoms with Crippen molar-refractivity contribution in [3.05, 3.63) is 18.2 Å². The number of hydrogen-bond donors (Lipinski definition) is 1. The van der Waals surface area contributed by atoms with E-state index in [1.807, 2.05) is 0 Å². The van der Waals surface area contributed by atoms with Gasteiger partial charge in [0.1, 0.15) is 11.4 Å². The number of aromatic nitrogens is 2. The molecule has 0 bridgehead atoms. The number of carbonyl (C=O) groups excluding carboxylic acids is 1. The summed E-state index contributed by atoms with van der Waals surface area (Å²) in [5.41, 5.74) is -0.643. The quantitative estimate of drug-likeness (QED) is 0.880. The van der Waals surface area contributed by atoms with Crippen LogP contribution in [0.4, 0.5) is 0 Å². The molecule has 1 saturated carbocycles.